The first-order valence-electron chi connectivity index (χ1n) is 11.9. The Morgan fingerprint density at radius 1 is 0.941 bits per heavy atom. The van der Waals surface area contributed by atoms with E-state index in [-0.39, 0.29) is 5.04 Å². The maximum absolute atomic E-state index is 11.2. The molecule has 0 aliphatic carbocycles. The van der Waals surface area contributed by atoms with Crippen molar-refractivity contribution in [3.05, 3.63) is 65.7 Å². The molecule has 0 aromatic heterocycles. The summed E-state index contributed by atoms with van der Waals surface area (Å²) in [5, 5.41) is 11.3. The van der Waals surface area contributed by atoms with Crippen LogP contribution < -0.4 is 4.74 Å². The Balaban J connectivity index is 1.66. The zero-order valence-electron chi connectivity index (χ0n) is 21.3. The molecule has 188 valence electrons. The Kier molecular flexibility index (Phi) is 9.32. The van der Waals surface area contributed by atoms with Gasteiger partial charge in [0.15, 0.2) is 8.32 Å². The van der Waals surface area contributed by atoms with Gasteiger partial charge in [-0.15, -0.1) is 0 Å². The van der Waals surface area contributed by atoms with Crippen molar-refractivity contribution in [3.63, 3.8) is 0 Å². The minimum Gasteiger partial charge on any atom is -0.497 e. The lowest BCUT2D eigenvalue weighted by Gasteiger charge is -2.42. The van der Waals surface area contributed by atoms with Crippen molar-refractivity contribution in [1.29, 1.82) is 0 Å². The lowest BCUT2D eigenvalue weighted by Crippen LogP contribution is -2.57. The number of aliphatic hydroxyl groups excluding tert-OH is 1. The number of ether oxygens (including phenoxy) is 4. The van der Waals surface area contributed by atoms with Crippen LogP contribution in [0.5, 0.6) is 5.75 Å². The second-order valence-electron chi connectivity index (χ2n) is 10.4. The molecule has 0 spiro atoms. The number of methoxy groups -OCH3 is 1. The number of aliphatic hydroxyl groups is 1. The van der Waals surface area contributed by atoms with E-state index in [1.807, 2.05) is 54.6 Å². The molecular formula is C27H40O6Si. The Bertz CT molecular complexity index is 865. The van der Waals surface area contributed by atoms with Crippen molar-refractivity contribution in [2.24, 2.45) is 0 Å². The highest BCUT2D eigenvalue weighted by atomic mass is 28.4. The fourth-order valence-corrected chi connectivity index (χ4v) is 4.55. The van der Waals surface area contributed by atoms with E-state index in [1.165, 1.54) is 0 Å². The first-order valence-corrected chi connectivity index (χ1v) is 14.9. The van der Waals surface area contributed by atoms with E-state index in [9.17, 15) is 5.11 Å². The van der Waals surface area contributed by atoms with Gasteiger partial charge < -0.3 is 28.5 Å². The van der Waals surface area contributed by atoms with E-state index >= 15 is 0 Å². The molecule has 0 radical (unpaired) electrons. The van der Waals surface area contributed by atoms with E-state index < -0.39 is 32.7 Å². The van der Waals surface area contributed by atoms with Crippen molar-refractivity contribution in [3.8, 4) is 5.75 Å². The predicted molar refractivity (Wildman–Crippen MR) is 135 cm³/mol. The quantitative estimate of drug-likeness (QED) is 0.478. The SMILES string of the molecule is COc1ccc(COC2COC(CO[Si](C)(C)C(C)(C)C)[C@@H](O)[C@H]2OCc2ccccc2)cc1. The van der Waals surface area contributed by atoms with Gasteiger partial charge in [0, 0.05) is 0 Å². The molecule has 1 aliphatic rings. The van der Waals surface area contributed by atoms with E-state index in [0.29, 0.717) is 26.4 Å². The summed E-state index contributed by atoms with van der Waals surface area (Å²) in [6, 6.07) is 17.7. The zero-order valence-corrected chi connectivity index (χ0v) is 22.3. The molecule has 34 heavy (non-hydrogen) atoms. The largest absolute Gasteiger partial charge is 0.497 e. The van der Waals surface area contributed by atoms with Gasteiger partial charge in [-0.25, -0.2) is 0 Å². The average molecular weight is 489 g/mol. The van der Waals surface area contributed by atoms with E-state index in [2.05, 4.69) is 33.9 Å². The zero-order chi connectivity index (χ0) is 24.8. The highest BCUT2D eigenvalue weighted by Crippen LogP contribution is 2.37. The molecule has 1 aliphatic heterocycles. The number of hydrogen-bond donors (Lipinski definition) is 1. The summed E-state index contributed by atoms with van der Waals surface area (Å²) in [5.74, 6) is 0.800. The fourth-order valence-electron chi connectivity index (χ4n) is 3.54. The first-order chi connectivity index (χ1) is 16.1. The van der Waals surface area contributed by atoms with Gasteiger partial charge in [0.1, 0.15) is 30.2 Å². The van der Waals surface area contributed by atoms with Crippen LogP contribution in [0.4, 0.5) is 0 Å². The lowest BCUT2D eigenvalue weighted by molar-refractivity contribution is -0.227. The van der Waals surface area contributed by atoms with Gasteiger partial charge in [0.05, 0.1) is 33.5 Å². The summed E-state index contributed by atoms with van der Waals surface area (Å²) >= 11 is 0. The molecule has 2 unspecified atom stereocenters. The summed E-state index contributed by atoms with van der Waals surface area (Å²) in [6.45, 7) is 12.5. The van der Waals surface area contributed by atoms with Gasteiger partial charge in [0.25, 0.3) is 0 Å². The number of hydrogen-bond acceptors (Lipinski definition) is 6. The summed E-state index contributed by atoms with van der Waals surface area (Å²) in [5.41, 5.74) is 2.06. The van der Waals surface area contributed by atoms with Crippen LogP contribution in [0.2, 0.25) is 18.1 Å². The molecule has 1 N–H and O–H groups in total. The second-order valence-corrected chi connectivity index (χ2v) is 15.2. The summed E-state index contributed by atoms with van der Waals surface area (Å²) in [4.78, 5) is 0. The Hall–Kier alpha value is -1.74. The van der Waals surface area contributed by atoms with Gasteiger partial charge in [-0.1, -0.05) is 63.2 Å². The summed E-state index contributed by atoms with van der Waals surface area (Å²) < 4.78 is 30.0. The molecule has 4 atom stereocenters. The minimum atomic E-state index is -1.97. The van der Waals surface area contributed by atoms with Gasteiger partial charge >= 0.3 is 0 Å². The molecule has 7 heteroatoms. The normalized spacial score (nSPS) is 23.6. The number of rotatable bonds is 10. The molecule has 1 saturated heterocycles. The van der Waals surface area contributed by atoms with Gasteiger partial charge in [-0.3, -0.25) is 0 Å². The molecule has 2 aromatic rings. The Morgan fingerprint density at radius 3 is 2.18 bits per heavy atom. The van der Waals surface area contributed by atoms with Crippen molar-refractivity contribution in [2.45, 2.75) is 76.5 Å². The molecule has 2 aromatic carbocycles. The average Bonchev–Trinajstić information content (AvgIpc) is 2.81. The van der Waals surface area contributed by atoms with Crippen LogP contribution in [0.15, 0.2) is 54.6 Å². The molecule has 6 nitrogen and oxygen atoms in total. The van der Waals surface area contributed by atoms with Crippen LogP contribution in [0, 0.1) is 0 Å². The molecule has 0 saturated carbocycles. The highest BCUT2D eigenvalue weighted by molar-refractivity contribution is 6.74. The van der Waals surface area contributed by atoms with Crippen LogP contribution >= 0.6 is 0 Å². The third-order valence-corrected chi connectivity index (χ3v) is 11.4. The molecule has 3 rings (SSSR count). The minimum absolute atomic E-state index is 0.0832. The van der Waals surface area contributed by atoms with Crippen molar-refractivity contribution < 1.29 is 28.5 Å². The topological polar surface area (TPSA) is 66.4 Å². The standard InChI is InChI=1S/C27H40O6Si/c1-27(2,3)34(5,6)33-19-23-25(28)26(32-17-20-10-8-7-9-11-20)24(18-31-23)30-16-21-12-14-22(29-4)15-13-21/h7-15,23-26,28H,16-19H2,1-6H3/t23?,24?,25-,26+/m1/s1. The Labute approximate surface area is 205 Å². The van der Waals surface area contributed by atoms with Gasteiger partial charge in [-0.05, 0) is 41.4 Å². The maximum atomic E-state index is 11.2. The summed E-state index contributed by atoms with van der Waals surface area (Å²) in [6.07, 6.45) is -2.25. The van der Waals surface area contributed by atoms with Crippen molar-refractivity contribution >= 4 is 8.32 Å². The van der Waals surface area contributed by atoms with E-state index in [4.69, 9.17) is 23.4 Å². The Morgan fingerprint density at radius 2 is 1.56 bits per heavy atom. The lowest BCUT2D eigenvalue weighted by atomic mass is 10.00. The monoisotopic (exact) mass is 488 g/mol. The van der Waals surface area contributed by atoms with E-state index in [1.54, 1.807) is 7.11 Å². The molecular weight excluding hydrogens is 448 g/mol. The molecule has 1 fully saturated rings. The van der Waals surface area contributed by atoms with Crippen LogP contribution in [0.1, 0.15) is 31.9 Å². The fraction of sp³-hybridized carbons (Fsp3) is 0.556. The molecule has 0 bridgehead atoms. The predicted octanol–water partition coefficient (Wildman–Crippen LogP) is 4.95. The summed E-state index contributed by atoms with van der Waals surface area (Å²) in [7, 11) is -0.324. The van der Waals surface area contributed by atoms with Gasteiger partial charge in [0.2, 0.25) is 0 Å². The third-order valence-electron chi connectivity index (χ3n) is 6.88. The van der Waals surface area contributed by atoms with Crippen LogP contribution in [-0.2, 0) is 31.9 Å². The maximum Gasteiger partial charge on any atom is 0.192 e. The van der Waals surface area contributed by atoms with Crippen molar-refractivity contribution in [2.75, 3.05) is 20.3 Å². The first kappa shape index (κ1) is 26.9. The van der Waals surface area contributed by atoms with Crippen LogP contribution in [-0.4, -0.2) is 58.2 Å². The smallest absolute Gasteiger partial charge is 0.192 e. The van der Waals surface area contributed by atoms with Crippen LogP contribution in [0.3, 0.4) is 0 Å². The van der Waals surface area contributed by atoms with E-state index in [0.717, 1.165) is 16.9 Å². The van der Waals surface area contributed by atoms with Gasteiger partial charge in [-0.2, -0.15) is 0 Å². The highest BCUT2D eigenvalue weighted by Gasteiger charge is 2.43. The molecule has 0 amide bonds. The molecule has 1 heterocycles. The van der Waals surface area contributed by atoms with Crippen molar-refractivity contribution in [1.82, 2.24) is 0 Å². The number of benzene rings is 2. The van der Waals surface area contributed by atoms with Crippen LogP contribution in [0.25, 0.3) is 0 Å². The third kappa shape index (κ3) is 7.13. The second kappa shape index (κ2) is 11.8.